The molecule has 0 aliphatic carbocycles. The van der Waals surface area contributed by atoms with E-state index in [9.17, 15) is 4.79 Å². The van der Waals surface area contributed by atoms with Crippen molar-refractivity contribution in [3.8, 4) is 6.07 Å². The number of carbonyl (C=O) groups is 1. The average molecular weight is 214 g/mol. The summed E-state index contributed by atoms with van der Waals surface area (Å²) >= 11 is 0. The Bertz CT molecular complexity index is 566. The van der Waals surface area contributed by atoms with Gasteiger partial charge in [-0.25, -0.2) is 0 Å². The molecule has 0 saturated heterocycles. The molecule has 0 bridgehead atoms. The highest BCUT2D eigenvalue weighted by Crippen LogP contribution is 2.20. The van der Waals surface area contributed by atoms with E-state index in [4.69, 9.17) is 9.68 Å². The lowest BCUT2D eigenvalue weighted by atomic mass is 10.1. The second-order valence-electron chi connectivity index (χ2n) is 3.47. The van der Waals surface area contributed by atoms with Crippen molar-refractivity contribution in [3.63, 3.8) is 0 Å². The molecule has 0 spiro atoms. The number of furan rings is 1. The van der Waals surface area contributed by atoms with E-state index in [-0.39, 0.29) is 5.91 Å². The van der Waals surface area contributed by atoms with Crippen molar-refractivity contribution in [1.82, 2.24) is 5.32 Å². The summed E-state index contributed by atoms with van der Waals surface area (Å²) in [7, 11) is 0. The molecule has 0 radical (unpaired) electrons. The van der Waals surface area contributed by atoms with Crippen LogP contribution >= 0.6 is 0 Å². The highest BCUT2D eigenvalue weighted by atomic mass is 16.3. The van der Waals surface area contributed by atoms with Crippen molar-refractivity contribution < 1.29 is 9.21 Å². The molecule has 1 aromatic carbocycles. The van der Waals surface area contributed by atoms with Gasteiger partial charge in [-0.15, -0.1) is 0 Å². The number of rotatable bonds is 2. The highest BCUT2D eigenvalue weighted by molar-refractivity contribution is 6.06. The van der Waals surface area contributed by atoms with Gasteiger partial charge in [0.25, 0.3) is 5.91 Å². The largest absolute Gasteiger partial charge is 0.463 e. The van der Waals surface area contributed by atoms with Crippen molar-refractivity contribution in [1.29, 1.82) is 5.26 Å². The summed E-state index contributed by atoms with van der Waals surface area (Å²) < 4.78 is 5.24. The third-order valence-corrected chi connectivity index (χ3v) is 2.27. The molecule has 16 heavy (non-hydrogen) atoms. The van der Waals surface area contributed by atoms with Gasteiger partial charge >= 0.3 is 0 Å². The minimum Gasteiger partial charge on any atom is -0.463 e. The number of para-hydroxylation sites is 1. The smallest absolute Gasteiger partial charge is 0.256 e. The first-order valence-corrected chi connectivity index (χ1v) is 4.89. The first kappa shape index (κ1) is 10.2. The van der Waals surface area contributed by atoms with Gasteiger partial charge in [0.05, 0.1) is 11.6 Å². The van der Waals surface area contributed by atoms with Gasteiger partial charge in [0.1, 0.15) is 17.9 Å². The third kappa shape index (κ3) is 1.75. The van der Waals surface area contributed by atoms with Gasteiger partial charge in [-0.1, -0.05) is 18.2 Å². The van der Waals surface area contributed by atoms with E-state index in [1.54, 1.807) is 13.0 Å². The average Bonchev–Trinajstić information content (AvgIpc) is 2.72. The molecule has 0 fully saturated rings. The molecule has 1 heterocycles. The van der Waals surface area contributed by atoms with Crippen LogP contribution in [0.2, 0.25) is 0 Å². The summed E-state index contributed by atoms with van der Waals surface area (Å²) in [5.74, 6) is -0.293. The van der Waals surface area contributed by atoms with Crippen LogP contribution in [0.15, 0.2) is 34.9 Å². The van der Waals surface area contributed by atoms with Crippen LogP contribution in [0.4, 0.5) is 0 Å². The van der Waals surface area contributed by atoms with Crippen molar-refractivity contribution in [2.75, 3.05) is 0 Å². The maximum Gasteiger partial charge on any atom is 0.256 e. The van der Waals surface area contributed by atoms with Gasteiger partial charge in [-0.05, 0) is 13.0 Å². The van der Waals surface area contributed by atoms with Crippen LogP contribution in [0.1, 0.15) is 17.3 Å². The molecule has 1 unspecified atom stereocenters. The molecule has 2 aromatic rings. The molecule has 1 amide bonds. The SMILES string of the molecule is CC(C#N)NC(=O)c1coc2ccccc12. The standard InChI is InChI=1S/C12H10N2O2/c1-8(6-13)14-12(15)10-7-16-11-5-3-2-4-9(10)11/h2-5,7-8H,1H3,(H,14,15). The first-order chi connectivity index (χ1) is 7.72. The lowest BCUT2D eigenvalue weighted by Gasteiger charge is -2.04. The molecule has 0 aliphatic heterocycles. The Labute approximate surface area is 92.5 Å². The number of nitriles is 1. The first-order valence-electron chi connectivity index (χ1n) is 4.89. The maximum absolute atomic E-state index is 11.8. The molecule has 2 rings (SSSR count). The number of amides is 1. The van der Waals surface area contributed by atoms with Gasteiger partial charge in [0.2, 0.25) is 0 Å². The topological polar surface area (TPSA) is 66.0 Å². The number of carbonyl (C=O) groups excluding carboxylic acids is 1. The monoisotopic (exact) mass is 214 g/mol. The van der Waals surface area contributed by atoms with E-state index in [1.165, 1.54) is 6.26 Å². The number of nitrogens with zero attached hydrogens (tertiary/aromatic N) is 1. The van der Waals surface area contributed by atoms with Crippen molar-refractivity contribution in [2.45, 2.75) is 13.0 Å². The Morgan fingerprint density at radius 2 is 2.25 bits per heavy atom. The Morgan fingerprint density at radius 3 is 3.00 bits per heavy atom. The van der Waals surface area contributed by atoms with E-state index in [1.807, 2.05) is 24.3 Å². The molecule has 4 heteroatoms. The minimum atomic E-state index is -0.513. The summed E-state index contributed by atoms with van der Waals surface area (Å²) in [5.41, 5.74) is 1.12. The Balaban J connectivity index is 2.34. The van der Waals surface area contributed by atoms with Gasteiger partial charge in [0, 0.05) is 5.39 Å². The second kappa shape index (κ2) is 4.07. The van der Waals surface area contributed by atoms with E-state index in [0.29, 0.717) is 11.1 Å². The quantitative estimate of drug-likeness (QED) is 0.832. The van der Waals surface area contributed by atoms with Gasteiger partial charge in [-0.2, -0.15) is 5.26 Å². The number of hydrogen-bond donors (Lipinski definition) is 1. The van der Waals surface area contributed by atoms with Crippen LogP contribution in [-0.4, -0.2) is 11.9 Å². The third-order valence-electron chi connectivity index (χ3n) is 2.27. The molecule has 1 atom stereocenters. The molecular weight excluding hydrogens is 204 g/mol. The normalized spacial score (nSPS) is 12.0. The summed E-state index contributed by atoms with van der Waals surface area (Å²) in [4.78, 5) is 11.8. The lowest BCUT2D eigenvalue weighted by molar-refractivity contribution is 0.0948. The van der Waals surface area contributed by atoms with Crippen molar-refractivity contribution in [2.24, 2.45) is 0 Å². The molecule has 1 N–H and O–H groups in total. The van der Waals surface area contributed by atoms with Gasteiger partial charge in [0.15, 0.2) is 0 Å². The number of hydrogen-bond acceptors (Lipinski definition) is 3. The fraction of sp³-hybridized carbons (Fsp3) is 0.167. The molecule has 80 valence electrons. The predicted octanol–water partition coefficient (Wildman–Crippen LogP) is 2.07. The summed E-state index contributed by atoms with van der Waals surface area (Å²) in [6.45, 7) is 1.63. The molecular formula is C12H10N2O2. The Hall–Kier alpha value is -2.28. The zero-order chi connectivity index (χ0) is 11.5. The summed E-state index contributed by atoms with van der Waals surface area (Å²) in [6, 6.07) is 8.71. The minimum absolute atomic E-state index is 0.293. The van der Waals surface area contributed by atoms with Crippen LogP contribution in [0.5, 0.6) is 0 Å². The molecule has 0 aliphatic rings. The fourth-order valence-electron chi connectivity index (χ4n) is 1.46. The summed E-state index contributed by atoms with van der Waals surface area (Å²) in [5, 5.41) is 11.9. The van der Waals surface area contributed by atoms with E-state index >= 15 is 0 Å². The number of fused-ring (bicyclic) bond motifs is 1. The van der Waals surface area contributed by atoms with E-state index < -0.39 is 6.04 Å². The maximum atomic E-state index is 11.8. The Kier molecular flexibility index (Phi) is 2.61. The van der Waals surface area contributed by atoms with Gasteiger partial charge in [-0.3, -0.25) is 4.79 Å². The zero-order valence-corrected chi connectivity index (χ0v) is 8.73. The van der Waals surface area contributed by atoms with E-state index in [0.717, 1.165) is 5.39 Å². The van der Waals surface area contributed by atoms with Crippen LogP contribution in [0.3, 0.4) is 0 Å². The zero-order valence-electron chi connectivity index (χ0n) is 8.73. The van der Waals surface area contributed by atoms with Crippen molar-refractivity contribution >= 4 is 16.9 Å². The van der Waals surface area contributed by atoms with Crippen molar-refractivity contribution in [3.05, 3.63) is 36.1 Å². The van der Waals surface area contributed by atoms with Crippen LogP contribution in [-0.2, 0) is 0 Å². The second-order valence-corrected chi connectivity index (χ2v) is 3.47. The predicted molar refractivity (Wildman–Crippen MR) is 58.8 cm³/mol. The molecule has 1 aromatic heterocycles. The number of nitrogens with one attached hydrogen (secondary N) is 1. The van der Waals surface area contributed by atoms with Crippen LogP contribution < -0.4 is 5.32 Å². The van der Waals surface area contributed by atoms with Gasteiger partial charge < -0.3 is 9.73 Å². The summed E-state index contributed by atoms with van der Waals surface area (Å²) in [6.07, 6.45) is 1.41. The molecule has 0 saturated carbocycles. The lowest BCUT2D eigenvalue weighted by Crippen LogP contribution is -2.31. The molecule has 4 nitrogen and oxygen atoms in total. The highest BCUT2D eigenvalue weighted by Gasteiger charge is 2.14. The fourth-order valence-corrected chi connectivity index (χ4v) is 1.46. The number of benzene rings is 1. The Morgan fingerprint density at radius 1 is 1.50 bits per heavy atom. The van der Waals surface area contributed by atoms with E-state index in [2.05, 4.69) is 5.32 Å². The van der Waals surface area contributed by atoms with Crippen LogP contribution in [0, 0.1) is 11.3 Å². The van der Waals surface area contributed by atoms with Crippen LogP contribution in [0.25, 0.3) is 11.0 Å².